The predicted octanol–water partition coefficient (Wildman–Crippen LogP) is 0.151. The van der Waals surface area contributed by atoms with Gasteiger partial charge in [0.1, 0.15) is 0 Å². The molecule has 1 rings (SSSR count). The second-order valence-electron chi connectivity index (χ2n) is 3.97. The molecule has 0 aliphatic rings. The van der Waals surface area contributed by atoms with Crippen molar-refractivity contribution in [1.82, 2.24) is 10.6 Å². The van der Waals surface area contributed by atoms with E-state index in [4.69, 9.17) is 10.5 Å². The second kappa shape index (κ2) is 8.10. The smallest absolute Gasteiger partial charge is 0.251 e. The molecular weight excluding hydrogens is 246 g/mol. The summed E-state index contributed by atoms with van der Waals surface area (Å²) in [5, 5.41) is 5.33. The first-order chi connectivity index (χ1) is 9.13. The summed E-state index contributed by atoms with van der Waals surface area (Å²) in [5.41, 5.74) is 6.60. The Labute approximate surface area is 112 Å². The van der Waals surface area contributed by atoms with Gasteiger partial charge in [-0.05, 0) is 18.2 Å². The van der Waals surface area contributed by atoms with Gasteiger partial charge in [0.25, 0.3) is 5.91 Å². The standard InChI is InChI=1S/C13H19N3O3/c1-19-8-7-15-12(17)5-6-16-13(18)10-3-2-4-11(14)9-10/h2-4,9H,5-8,14H2,1H3,(H,15,17)(H,16,18). The summed E-state index contributed by atoms with van der Waals surface area (Å²) in [6.07, 6.45) is 0.234. The molecule has 0 saturated carbocycles. The summed E-state index contributed by atoms with van der Waals surface area (Å²) >= 11 is 0. The Hall–Kier alpha value is -2.08. The van der Waals surface area contributed by atoms with Crippen LogP contribution in [0.15, 0.2) is 24.3 Å². The number of nitrogens with two attached hydrogens (primary N) is 1. The Kier molecular flexibility index (Phi) is 6.38. The lowest BCUT2D eigenvalue weighted by molar-refractivity contribution is -0.121. The van der Waals surface area contributed by atoms with E-state index in [9.17, 15) is 9.59 Å². The van der Waals surface area contributed by atoms with Crippen molar-refractivity contribution >= 4 is 17.5 Å². The molecule has 0 atom stereocenters. The van der Waals surface area contributed by atoms with Crippen molar-refractivity contribution < 1.29 is 14.3 Å². The average Bonchev–Trinajstić information content (AvgIpc) is 2.39. The summed E-state index contributed by atoms with van der Waals surface area (Å²) in [6, 6.07) is 6.68. The quantitative estimate of drug-likeness (QED) is 0.483. The van der Waals surface area contributed by atoms with E-state index in [1.54, 1.807) is 31.4 Å². The highest BCUT2D eigenvalue weighted by molar-refractivity contribution is 5.95. The van der Waals surface area contributed by atoms with Crippen LogP contribution >= 0.6 is 0 Å². The number of anilines is 1. The molecule has 0 fully saturated rings. The number of hydrogen-bond donors (Lipinski definition) is 3. The summed E-state index contributed by atoms with van der Waals surface area (Å²) < 4.78 is 4.81. The number of hydrogen-bond acceptors (Lipinski definition) is 4. The fourth-order valence-corrected chi connectivity index (χ4v) is 1.45. The number of amides is 2. The molecule has 19 heavy (non-hydrogen) atoms. The zero-order valence-corrected chi connectivity index (χ0v) is 10.9. The maximum atomic E-state index is 11.7. The van der Waals surface area contributed by atoms with Crippen molar-refractivity contribution in [2.45, 2.75) is 6.42 Å². The van der Waals surface area contributed by atoms with Crippen LogP contribution in [0.25, 0.3) is 0 Å². The minimum absolute atomic E-state index is 0.120. The summed E-state index contributed by atoms with van der Waals surface area (Å²) in [4.78, 5) is 23.1. The van der Waals surface area contributed by atoms with Gasteiger partial charge in [0, 0.05) is 37.9 Å². The fraction of sp³-hybridized carbons (Fsp3) is 0.385. The highest BCUT2D eigenvalue weighted by Crippen LogP contribution is 2.05. The molecule has 0 radical (unpaired) electrons. The highest BCUT2D eigenvalue weighted by atomic mass is 16.5. The highest BCUT2D eigenvalue weighted by Gasteiger charge is 2.06. The molecule has 0 heterocycles. The maximum Gasteiger partial charge on any atom is 0.251 e. The third-order valence-corrected chi connectivity index (χ3v) is 2.41. The van der Waals surface area contributed by atoms with E-state index in [-0.39, 0.29) is 24.8 Å². The first kappa shape index (κ1) is 15.0. The molecule has 104 valence electrons. The molecule has 1 aromatic rings. The molecule has 6 nitrogen and oxygen atoms in total. The van der Waals surface area contributed by atoms with E-state index >= 15 is 0 Å². The molecule has 4 N–H and O–H groups in total. The van der Waals surface area contributed by atoms with Crippen LogP contribution < -0.4 is 16.4 Å². The first-order valence-corrected chi connectivity index (χ1v) is 6.03. The lowest BCUT2D eigenvalue weighted by atomic mass is 10.2. The van der Waals surface area contributed by atoms with Gasteiger partial charge in [0.2, 0.25) is 5.91 Å². The number of nitrogen functional groups attached to an aromatic ring is 1. The molecule has 0 unspecified atom stereocenters. The van der Waals surface area contributed by atoms with Crippen molar-refractivity contribution in [2.24, 2.45) is 0 Å². The zero-order chi connectivity index (χ0) is 14.1. The van der Waals surface area contributed by atoms with Gasteiger partial charge in [0.05, 0.1) is 6.61 Å². The van der Waals surface area contributed by atoms with E-state index in [1.807, 2.05) is 0 Å². The van der Waals surface area contributed by atoms with Gasteiger partial charge in [-0.2, -0.15) is 0 Å². The number of nitrogens with one attached hydrogen (secondary N) is 2. The summed E-state index contributed by atoms with van der Waals surface area (Å²) in [5.74, 6) is -0.359. The number of benzene rings is 1. The van der Waals surface area contributed by atoms with Crippen LogP contribution in [-0.2, 0) is 9.53 Å². The number of ether oxygens (including phenoxy) is 1. The molecule has 0 spiro atoms. The molecule has 0 saturated heterocycles. The van der Waals surface area contributed by atoms with Gasteiger partial charge in [-0.1, -0.05) is 6.07 Å². The summed E-state index contributed by atoms with van der Waals surface area (Å²) in [7, 11) is 1.57. The Morgan fingerprint density at radius 1 is 1.26 bits per heavy atom. The van der Waals surface area contributed by atoms with E-state index in [0.29, 0.717) is 24.4 Å². The minimum Gasteiger partial charge on any atom is -0.399 e. The van der Waals surface area contributed by atoms with Crippen LogP contribution in [0.4, 0.5) is 5.69 Å². The van der Waals surface area contributed by atoms with Crippen LogP contribution in [0.2, 0.25) is 0 Å². The van der Waals surface area contributed by atoms with Crippen molar-refractivity contribution in [1.29, 1.82) is 0 Å². The molecule has 0 aliphatic heterocycles. The van der Waals surface area contributed by atoms with Crippen LogP contribution in [0, 0.1) is 0 Å². The van der Waals surface area contributed by atoms with Gasteiger partial charge in [-0.15, -0.1) is 0 Å². The van der Waals surface area contributed by atoms with Crippen LogP contribution in [0.1, 0.15) is 16.8 Å². The van der Waals surface area contributed by atoms with E-state index in [1.165, 1.54) is 0 Å². The molecule has 6 heteroatoms. The van der Waals surface area contributed by atoms with Crippen molar-refractivity contribution in [3.05, 3.63) is 29.8 Å². The van der Waals surface area contributed by atoms with Crippen LogP contribution in [0.3, 0.4) is 0 Å². The van der Waals surface area contributed by atoms with Crippen LogP contribution in [0.5, 0.6) is 0 Å². The second-order valence-corrected chi connectivity index (χ2v) is 3.97. The van der Waals surface area contributed by atoms with Crippen molar-refractivity contribution in [3.63, 3.8) is 0 Å². The van der Waals surface area contributed by atoms with E-state index in [2.05, 4.69) is 10.6 Å². The lowest BCUT2D eigenvalue weighted by Gasteiger charge is -2.06. The van der Waals surface area contributed by atoms with Gasteiger partial charge >= 0.3 is 0 Å². The van der Waals surface area contributed by atoms with Gasteiger partial charge in [0.15, 0.2) is 0 Å². The monoisotopic (exact) mass is 265 g/mol. The van der Waals surface area contributed by atoms with Crippen LogP contribution in [-0.4, -0.2) is 38.6 Å². The maximum absolute atomic E-state index is 11.7. The van der Waals surface area contributed by atoms with Crippen molar-refractivity contribution in [3.8, 4) is 0 Å². The number of carbonyl (C=O) groups excluding carboxylic acids is 2. The Balaban J connectivity index is 2.25. The Morgan fingerprint density at radius 2 is 2.05 bits per heavy atom. The normalized spacial score (nSPS) is 9.95. The fourth-order valence-electron chi connectivity index (χ4n) is 1.45. The minimum atomic E-state index is -0.239. The molecule has 2 amide bonds. The van der Waals surface area contributed by atoms with Crippen molar-refractivity contribution in [2.75, 3.05) is 32.5 Å². The molecule has 1 aromatic carbocycles. The average molecular weight is 265 g/mol. The van der Waals surface area contributed by atoms with E-state index < -0.39 is 0 Å². The van der Waals surface area contributed by atoms with Gasteiger partial charge < -0.3 is 21.1 Å². The van der Waals surface area contributed by atoms with Gasteiger partial charge in [-0.3, -0.25) is 9.59 Å². The summed E-state index contributed by atoms with van der Waals surface area (Å²) in [6.45, 7) is 1.23. The van der Waals surface area contributed by atoms with Gasteiger partial charge in [-0.25, -0.2) is 0 Å². The molecule has 0 bridgehead atoms. The number of carbonyl (C=O) groups is 2. The Bertz CT molecular complexity index is 435. The SMILES string of the molecule is COCCNC(=O)CCNC(=O)c1cccc(N)c1. The zero-order valence-electron chi connectivity index (χ0n) is 10.9. The molecule has 0 aliphatic carbocycles. The number of rotatable bonds is 7. The molecule has 0 aromatic heterocycles. The third kappa shape index (κ3) is 5.87. The lowest BCUT2D eigenvalue weighted by Crippen LogP contribution is -2.32. The van der Waals surface area contributed by atoms with E-state index in [0.717, 1.165) is 0 Å². The predicted molar refractivity (Wildman–Crippen MR) is 72.7 cm³/mol. The third-order valence-electron chi connectivity index (χ3n) is 2.41. The first-order valence-electron chi connectivity index (χ1n) is 6.03. The molecular formula is C13H19N3O3. The Morgan fingerprint density at radius 3 is 2.74 bits per heavy atom. The number of methoxy groups -OCH3 is 1. The topological polar surface area (TPSA) is 93.5 Å². The largest absolute Gasteiger partial charge is 0.399 e.